The molecule has 18 heavy (non-hydrogen) atoms. The van der Waals surface area contributed by atoms with Gasteiger partial charge in [0.05, 0.1) is 0 Å². The zero-order valence-corrected chi connectivity index (χ0v) is 11.5. The molecule has 0 saturated carbocycles. The second-order valence-corrected chi connectivity index (χ2v) is 5.66. The molecular formula is C13H11IO4. The third kappa shape index (κ3) is 1.77. The average molecular weight is 358 g/mol. The van der Waals surface area contributed by atoms with E-state index >= 15 is 0 Å². The fourth-order valence-electron chi connectivity index (χ4n) is 2.25. The summed E-state index contributed by atoms with van der Waals surface area (Å²) in [4.78, 5) is 11.2. The quantitative estimate of drug-likeness (QED) is 0.472. The number of halogens is 1. The molecule has 1 saturated heterocycles. The predicted octanol–water partition coefficient (Wildman–Crippen LogP) is 1.73. The van der Waals surface area contributed by atoms with E-state index in [1.54, 1.807) is 6.08 Å². The highest BCUT2D eigenvalue weighted by Crippen LogP contribution is 2.47. The molecule has 3 rings (SSSR count). The standard InChI is InChI=1S/C13H11IO4/c14-12-10(16)11(8-4-2-1-3-5-8)18-13(12)7-6-9(15)17-13/h1-7,10-12,16H/t10-,11-,12+,13-/m1/s1. The molecule has 1 spiro atoms. The summed E-state index contributed by atoms with van der Waals surface area (Å²) >= 11 is 2.06. The number of alkyl halides is 1. The van der Waals surface area contributed by atoms with Crippen molar-refractivity contribution in [3.8, 4) is 0 Å². The Morgan fingerprint density at radius 3 is 2.61 bits per heavy atom. The number of carbonyl (C=O) groups is 1. The van der Waals surface area contributed by atoms with Gasteiger partial charge in [-0.25, -0.2) is 4.79 Å². The SMILES string of the molecule is O=C1C=C[C@@]2(O1)O[C@H](c1ccccc1)[C@@H](O)[C@@H]2I. The average Bonchev–Trinajstić information content (AvgIpc) is 2.88. The second kappa shape index (κ2) is 4.32. The summed E-state index contributed by atoms with van der Waals surface area (Å²) in [6.45, 7) is 0. The maximum atomic E-state index is 11.2. The van der Waals surface area contributed by atoms with Gasteiger partial charge >= 0.3 is 5.97 Å². The summed E-state index contributed by atoms with van der Waals surface area (Å²) < 4.78 is 10.7. The van der Waals surface area contributed by atoms with E-state index < -0.39 is 24.0 Å². The Balaban J connectivity index is 1.93. The lowest BCUT2D eigenvalue weighted by molar-refractivity contribution is -0.190. The molecule has 0 amide bonds. The molecule has 1 fully saturated rings. The zero-order chi connectivity index (χ0) is 12.8. The molecule has 1 N–H and O–H groups in total. The molecule has 2 heterocycles. The molecule has 0 aliphatic carbocycles. The first-order valence-electron chi connectivity index (χ1n) is 5.59. The maximum absolute atomic E-state index is 11.2. The maximum Gasteiger partial charge on any atom is 0.333 e. The largest absolute Gasteiger partial charge is 0.425 e. The monoisotopic (exact) mass is 358 g/mol. The second-order valence-electron chi connectivity index (χ2n) is 4.32. The van der Waals surface area contributed by atoms with Crippen molar-refractivity contribution in [1.29, 1.82) is 0 Å². The summed E-state index contributed by atoms with van der Waals surface area (Å²) in [5.74, 6) is -1.56. The van der Waals surface area contributed by atoms with Gasteiger partial charge in [0.15, 0.2) is 0 Å². The highest BCUT2D eigenvalue weighted by atomic mass is 127. The first-order valence-corrected chi connectivity index (χ1v) is 6.84. The van der Waals surface area contributed by atoms with Crippen LogP contribution in [0.4, 0.5) is 0 Å². The van der Waals surface area contributed by atoms with Gasteiger partial charge in [-0.05, 0) is 11.6 Å². The van der Waals surface area contributed by atoms with Crippen LogP contribution in [0.2, 0.25) is 0 Å². The van der Waals surface area contributed by atoms with Gasteiger partial charge in [0.25, 0.3) is 0 Å². The van der Waals surface area contributed by atoms with Gasteiger partial charge in [0.1, 0.15) is 16.1 Å². The van der Waals surface area contributed by atoms with Crippen LogP contribution in [-0.2, 0) is 14.3 Å². The molecule has 2 aliphatic heterocycles. The molecule has 0 aromatic heterocycles. The number of hydrogen-bond donors (Lipinski definition) is 1. The van der Waals surface area contributed by atoms with E-state index in [0.717, 1.165) is 5.56 Å². The van der Waals surface area contributed by atoms with Crippen LogP contribution in [-0.4, -0.2) is 26.9 Å². The third-order valence-electron chi connectivity index (χ3n) is 3.15. The van der Waals surface area contributed by atoms with Crippen LogP contribution in [0.1, 0.15) is 11.7 Å². The van der Waals surface area contributed by atoms with E-state index in [9.17, 15) is 9.90 Å². The van der Waals surface area contributed by atoms with Crippen molar-refractivity contribution >= 4 is 28.6 Å². The van der Waals surface area contributed by atoms with Crippen LogP contribution in [0.5, 0.6) is 0 Å². The fraction of sp³-hybridized carbons (Fsp3) is 0.308. The van der Waals surface area contributed by atoms with Gasteiger partial charge in [-0.1, -0.05) is 52.9 Å². The lowest BCUT2D eigenvalue weighted by atomic mass is 10.0. The van der Waals surface area contributed by atoms with E-state index in [-0.39, 0.29) is 3.92 Å². The molecule has 0 bridgehead atoms. The van der Waals surface area contributed by atoms with Crippen molar-refractivity contribution in [2.24, 2.45) is 0 Å². The van der Waals surface area contributed by atoms with Crippen LogP contribution in [0.3, 0.4) is 0 Å². The number of aliphatic hydroxyl groups excluding tert-OH is 1. The number of carbonyl (C=O) groups excluding carboxylic acids is 1. The van der Waals surface area contributed by atoms with E-state index in [1.165, 1.54) is 6.08 Å². The van der Waals surface area contributed by atoms with Gasteiger partial charge in [-0.15, -0.1) is 0 Å². The van der Waals surface area contributed by atoms with Crippen LogP contribution in [0.25, 0.3) is 0 Å². The van der Waals surface area contributed by atoms with Gasteiger partial charge < -0.3 is 14.6 Å². The zero-order valence-electron chi connectivity index (χ0n) is 9.32. The van der Waals surface area contributed by atoms with E-state index in [2.05, 4.69) is 22.6 Å². The van der Waals surface area contributed by atoms with Crippen LogP contribution < -0.4 is 0 Å². The Morgan fingerprint density at radius 1 is 1.28 bits per heavy atom. The number of aliphatic hydroxyl groups is 1. The lowest BCUT2D eigenvalue weighted by Gasteiger charge is -2.23. The molecule has 4 atom stereocenters. The Kier molecular flexibility index (Phi) is 2.91. The minimum atomic E-state index is -1.13. The first kappa shape index (κ1) is 12.1. The summed E-state index contributed by atoms with van der Waals surface area (Å²) in [6.07, 6.45) is 1.72. The number of benzene rings is 1. The molecule has 5 heteroatoms. The Morgan fingerprint density at radius 2 is 2.00 bits per heavy atom. The van der Waals surface area contributed by atoms with Crippen molar-refractivity contribution in [2.45, 2.75) is 21.9 Å². The topological polar surface area (TPSA) is 55.8 Å². The summed E-state index contributed by atoms with van der Waals surface area (Å²) in [6, 6.07) is 9.44. The summed E-state index contributed by atoms with van der Waals surface area (Å²) in [7, 11) is 0. The third-order valence-corrected chi connectivity index (χ3v) is 4.75. The van der Waals surface area contributed by atoms with E-state index in [1.807, 2.05) is 30.3 Å². The molecular weight excluding hydrogens is 347 g/mol. The predicted molar refractivity (Wildman–Crippen MR) is 72.0 cm³/mol. The highest BCUT2D eigenvalue weighted by molar-refractivity contribution is 14.1. The number of hydrogen-bond acceptors (Lipinski definition) is 4. The van der Waals surface area contributed by atoms with Crippen molar-refractivity contribution in [3.05, 3.63) is 48.0 Å². The van der Waals surface area contributed by atoms with Crippen molar-refractivity contribution in [1.82, 2.24) is 0 Å². The van der Waals surface area contributed by atoms with Gasteiger partial charge in [-0.2, -0.15) is 0 Å². The molecule has 1 aromatic carbocycles. The Bertz CT molecular complexity index is 501. The molecule has 4 nitrogen and oxygen atoms in total. The van der Waals surface area contributed by atoms with Crippen molar-refractivity contribution < 1.29 is 19.4 Å². The number of esters is 1. The smallest absolute Gasteiger partial charge is 0.333 e. The van der Waals surface area contributed by atoms with Gasteiger partial charge in [0, 0.05) is 6.08 Å². The number of ether oxygens (including phenoxy) is 2. The van der Waals surface area contributed by atoms with Crippen LogP contribution in [0.15, 0.2) is 42.5 Å². The Hall–Kier alpha value is -0.920. The van der Waals surface area contributed by atoms with E-state index in [4.69, 9.17) is 9.47 Å². The number of rotatable bonds is 1. The van der Waals surface area contributed by atoms with Gasteiger partial charge in [-0.3, -0.25) is 0 Å². The Labute approximate surface area is 118 Å². The van der Waals surface area contributed by atoms with Gasteiger partial charge in [0.2, 0.25) is 5.79 Å². The van der Waals surface area contributed by atoms with Crippen LogP contribution >= 0.6 is 22.6 Å². The fourth-order valence-corrected chi connectivity index (χ4v) is 3.11. The normalized spacial score (nSPS) is 38.3. The minimum Gasteiger partial charge on any atom is -0.425 e. The molecule has 94 valence electrons. The summed E-state index contributed by atoms with van der Waals surface area (Å²) in [5.41, 5.74) is 0.875. The van der Waals surface area contributed by atoms with E-state index in [0.29, 0.717) is 0 Å². The lowest BCUT2D eigenvalue weighted by Crippen LogP contribution is -2.38. The molecule has 2 aliphatic rings. The first-order chi connectivity index (χ1) is 8.62. The molecule has 0 radical (unpaired) electrons. The van der Waals surface area contributed by atoms with Crippen molar-refractivity contribution in [3.63, 3.8) is 0 Å². The summed E-state index contributed by atoms with van der Waals surface area (Å²) in [5, 5.41) is 10.3. The van der Waals surface area contributed by atoms with Crippen LogP contribution in [0, 0.1) is 0 Å². The highest BCUT2D eigenvalue weighted by Gasteiger charge is 2.57. The molecule has 1 aromatic rings. The minimum absolute atomic E-state index is 0.331. The molecule has 0 unspecified atom stereocenters. The van der Waals surface area contributed by atoms with Crippen molar-refractivity contribution in [2.75, 3.05) is 0 Å².